The van der Waals surface area contributed by atoms with Crippen molar-refractivity contribution in [1.82, 2.24) is 24.9 Å². The predicted octanol–water partition coefficient (Wildman–Crippen LogP) is 4.52. The third kappa shape index (κ3) is 6.53. The van der Waals surface area contributed by atoms with Gasteiger partial charge in [0.25, 0.3) is 0 Å². The molecule has 0 spiro atoms. The molecule has 0 saturated carbocycles. The molecule has 3 heterocycles. The Balaban J connectivity index is 0.000000375. The SMILES string of the molecule is O=C(Cc1cccc(-c2ncc(O)cn2)c1)N1CCC(c2cc(Cl)ccc2Cl)=N1.Oc1ncccn1. The van der Waals surface area contributed by atoms with Gasteiger partial charge in [-0.25, -0.2) is 24.9 Å². The first-order chi connectivity index (χ1) is 17.4. The van der Waals surface area contributed by atoms with E-state index in [2.05, 4.69) is 25.0 Å². The first-order valence-corrected chi connectivity index (χ1v) is 11.5. The second kappa shape index (κ2) is 11.6. The molecule has 0 atom stereocenters. The molecule has 1 aliphatic heterocycles. The van der Waals surface area contributed by atoms with E-state index in [-0.39, 0.29) is 24.1 Å². The van der Waals surface area contributed by atoms with Crippen LogP contribution in [0.25, 0.3) is 11.4 Å². The minimum Gasteiger partial charge on any atom is -0.505 e. The van der Waals surface area contributed by atoms with Crippen molar-refractivity contribution < 1.29 is 15.0 Å². The molecular formula is C25H20Cl2N6O3. The average molecular weight is 523 g/mol. The maximum atomic E-state index is 12.7. The zero-order chi connectivity index (χ0) is 25.5. The highest BCUT2D eigenvalue weighted by atomic mass is 35.5. The molecule has 11 heteroatoms. The van der Waals surface area contributed by atoms with Gasteiger partial charge in [0.15, 0.2) is 11.6 Å². The Bertz CT molecular complexity index is 1380. The molecule has 0 unspecified atom stereocenters. The number of aromatic hydroxyl groups is 2. The summed E-state index contributed by atoms with van der Waals surface area (Å²) in [5.41, 5.74) is 3.10. The van der Waals surface area contributed by atoms with Crippen molar-refractivity contribution in [2.45, 2.75) is 12.8 Å². The second-order valence-corrected chi connectivity index (χ2v) is 8.47. The van der Waals surface area contributed by atoms with Gasteiger partial charge in [0.05, 0.1) is 31.1 Å². The number of amides is 1. The smallest absolute Gasteiger partial charge is 0.313 e. The first kappa shape index (κ1) is 25.0. The fourth-order valence-corrected chi connectivity index (χ4v) is 3.79. The molecule has 9 nitrogen and oxygen atoms in total. The molecule has 0 bridgehead atoms. The summed E-state index contributed by atoms with van der Waals surface area (Å²) < 4.78 is 0. The number of carbonyl (C=O) groups is 1. The maximum absolute atomic E-state index is 12.7. The minimum atomic E-state index is -0.178. The van der Waals surface area contributed by atoms with Crippen LogP contribution in [0.15, 0.2) is 78.4 Å². The number of rotatable bonds is 4. The fourth-order valence-electron chi connectivity index (χ4n) is 3.39. The summed E-state index contributed by atoms with van der Waals surface area (Å²) >= 11 is 12.3. The van der Waals surface area contributed by atoms with Gasteiger partial charge in [-0.15, -0.1) is 0 Å². The van der Waals surface area contributed by atoms with Gasteiger partial charge in [0.1, 0.15) is 0 Å². The molecule has 0 fully saturated rings. The average Bonchev–Trinajstić information content (AvgIpc) is 3.37. The van der Waals surface area contributed by atoms with Crippen molar-refractivity contribution in [1.29, 1.82) is 0 Å². The third-order valence-corrected chi connectivity index (χ3v) is 5.62. The Morgan fingerprint density at radius 1 is 0.944 bits per heavy atom. The molecule has 36 heavy (non-hydrogen) atoms. The molecule has 2 aromatic heterocycles. The van der Waals surface area contributed by atoms with Gasteiger partial charge in [-0.2, -0.15) is 5.10 Å². The molecule has 1 aliphatic rings. The van der Waals surface area contributed by atoms with Crippen molar-refractivity contribution in [3.8, 4) is 23.1 Å². The lowest BCUT2D eigenvalue weighted by molar-refractivity contribution is -0.130. The molecule has 4 aromatic rings. The van der Waals surface area contributed by atoms with E-state index in [0.29, 0.717) is 28.8 Å². The third-order valence-electron chi connectivity index (χ3n) is 5.06. The fraction of sp³-hybridized carbons (Fsp3) is 0.120. The number of aromatic nitrogens is 4. The summed E-state index contributed by atoms with van der Waals surface area (Å²) in [7, 11) is 0. The minimum absolute atomic E-state index is 0.00240. The molecule has 0 aliphatic carbocycles. The van der Waals surface area contributed by atoms with Gasteiger partial charge in [-0.05, 0) is 35.9 Å². The number of hydrogen-bond donors (Lipinski definition) is 2. The van der Waals surface area contributed by atoms with Gasteiger partial charge < -0.3 is 10.2 Å². The summed E-state index contributed by atoms with van der Waals surface area (Å²) in [5, 5.41) is 24.8. The molecular weight excluding hydrogens is 503 g/mol. The highest BCUT2D eigenvalue weighted by Gasteiger charge is 2.23. The van der Waals surface area contributed by atoms with Crippen LogP contribution in [0.4, 0.5) is 0 Å². The van der Waals surface area contributed by atoms with E-state index in [0.717, 1.165) is 22.4 Å². The van der Waals surface area contributed by atoms with Crippen LogP contribution in [0.5, 0.6) is 11.8 Å². The van der Waals surface area contributed by atoms with E-state index in [1.807, 2.05) is 24.3 Å². The number of halogens is 2. The van der Waals surface area contributed by atoms with Gasteiger partial charge in [0, 0.05) is 40.0 Å². The lowest BCUT2D eigenvalue weighted by Gasteiger charge is -2.12. The summed E-state index contributed by atoms with van der Waals surface area (Å²) in [4.78, 5) is 27.8. The van der Waals surface area contributed by atoms with Crippen LogP contribution < -0.4 is 0 Å². The number of carbonyl (C=O) groups excluding carboxylic acids is 1. The van der Waals surface area contributed by atoms with E-state index in [4.69, 9.17) is 28.3 Å². The quantitative estimate of drug-likeness (QED) is 0.403. The van der Waals surface area contributed by atoms with Crippen LogP contribution in [0.1, 0.15) is 17.5 Å². The lowest BCUT2D eigenvalue weighted by Crippen LogP contribution is -2.25. The monoisotopic (exact) mass is 522 g/mol. The molecule has 5 rings (SSSR count). The number of nitrogens with zero attached hydrogens (tertiary/aromatic N) is 6. The number of hydrogen-bond acceptors (Lipinski definition) is 8. The lowest BCUT2D eigenvalue weighted by atomic mass is 10.1. The predicted molar refractivity (Wildman–Crippen MR) is 136 cm³/mol. The summed E-state index contributed by atoms with van der Waals surface area (Å²) in [5.74, 6) is 0.374. The zero-order valence-electron chi connectivity index (χ0n) is 18.8. The van der Waals surface area contributed by atoms with Crippen LogP contribution in [-0.4, -0.2) is 53.3 Å². The topological polar surface area (TPSA) is 125 Å². The van der Waals surface area contributed by atoms with E-state index < -0.39 is 0 Å². The van der Waals surface area contributed by atoms with Crippen molar-refractivity contribution in [3.63, 3.8) is 0 Å². The van der Waals surface area contributed by atoms with Crippen LogP contribution in [0, 0.1) is 0 Å². The highest BCUT2D eigenvalue weighted by molar-refractivity contribution is 6.36. The van der Waals surface area contributed by atoms with Crippen LogP contribution >= 0.6 is 23.2 Å². The Morgan fingerprint density at radius 3 is 2.39 bits per heavy atom. The van der Waals surface area contributed by atoms with Crippen molar-refractivity contribution in [2.24, 2.45) is 5.10 Å². The van der Waals surface area contributed by atoms with E-state index in [9.17, 15) is 9.90 Å². The van der Waals surface area contributed by atoms with Crippen LogP contribution in [0.2, 0.25) is 10.0 Å². The zero-order valence-corrected chi connectivity index (χ0v) is 20.3. The summed E-state index contributed by atoms with van der Waals surface area (Å²) in [6, 6.07) is 14.1. The van der Waals surface area contributed by atoms with Crippen molar-refractivity contribution in [3.05, 3.63) is 94.5 Å². The Kier molecular flexibility index (Phi) is 8.04. The van der Waals surface area contributed by atoms with Crippen LogP contribution in [-0.2, 0) is 11.2 Å². The Hall–Kier alpha value is -4.08. The molecule has 2 aromatic carbocycles. The first-order valence-electron chi connectivity index (χ1n) is 10.8. The highest BCUT2D eigenvalue weighted by Crippen LogP contribution is 2.25. The number of hydrazone groups is 1. The maximum Gasteiger partial charge on any atom is 0.313 e. The van der Waals surface area contributed by atoms with E-state index >= 15 is 0 Å². The molecule has 182 valence electrons. The van der Waals surface area contributed by atoms with Gasteiger partial charge in [-0.3, -0.25) is 4.79 Å². The number of benzene rings is 2. The summed E-state index contributed by atoms with van der Waals surface area (Å²) in [6.07, 6.45) is 6.44. The van der Waals surface area contributed by atoms with Crippen LogP contribution in [0.3, 0.4) is 0 Å². The van der Waals surface area contributed by atoms with Gasteiger partial charge >= 0.3 is 6.01 Å². The van der Waals surface area contributed by atoms with E-state index in [1.165, 1.54) is 29.8 Å². The molecule has 0 saturated heterocycles. The van der Waals surface area contributed by atoms with Gasteiger partial charge in [-0.1, -0.05) is 41.4 Å². The second-order valence-electron chi connectivity index (χ2n) is 7.63. The Morgan fingerprint density at radius 2 is 1.69 bits per heavy atom. The largest absolute Gasteiger partial charge is 0.505 e. The normalized spacial score (nSPS) is 12.5. The Labute approximate surface area is 216 Å². The molecule has 2 N–H and O–H groups in total. The molecule has 1 amide bonds. The summed E-state index contributed by atoms with van der Waals surface area (Å²) in [6.45, 7) is 0.498. The molecule has 0 radical (unpaired) electrons. The standard InChI is InChI=1S/C21H16Cl2N4O2.C4H4N2O/c22-15-4-5-18(23)17(10-15)19-6-7-27(26-19)20(29)9-13-2-1-3-14(8-13)21-24-11-16(28)12-25-21;7-4-5-2-1-3-6-4/h1-5,8,10-12,28H,6-7,9H2;1-3H,(H,5,6,7). The van der Waals surface area contributed by atoms with Gasteiger partial charge in [0.2, 0.25) is 5.91 Å². The van der Waals surface area contributed by atoms with E-state index in [1.54, 1.807) is 24.3 Å². The van der Waals surface area contributed by atoms with Crippen molar-refractivity contribution in [2.75, 3.05) is 6.54 Å². The van der Waals surface area contributed by atoms with Crippen molar-refractivity contribution >= 4 is 34.8 Å².